The molecule has 0 N–H and O–H groups in total. The molecular weight excluding hydrogens is 405 g/mol. The third-order valence-electron chi connectivity index (χ3n) is 3.07. The fraction of sp³-hybridized carbons (Fsp3) is 0.143. The minimum Gasteiger partial charge on any atom is -0.279 e. The Morgan fingerprint density at radius 1 is 1.30 bits per heavy atom. The van der Waals surface area contributed by atoms with Gasteiger partial charge in [-0.2, -0.15) is 0 Å². The summed E-state index contributed by atoms with van der Waals surface area (Å²) < 4.78 is 3.92. The van der Waals surface area contributed by atoms with Crippen LogP contribution in [0.15, 0.2) is 39.4 Å². The molecule has 2 heterocycles. The fourth-order valence-corrected chi connectivity index (χ4v) is 3.07. The molecule has 0 aliphatic carbocycles. The number of aromatic nitrogens is 3. The van der Waals surface area contributed by atoms with Crippen LogP contribution in [0.4, 0.5) is 0 Å². The minimum atomic E-state index is 0.328. The molecule has 2 aromatic heterocycles. The first-order valence-electron chi connectivity index (χ1n) is 5.96. The quantitative estimate of drug-likeness (QED) is 0.552. The summed E-state index contributed by atoms with van der Waals surface area (Å²) in [6.07, 6.45) is 1.77. The van der Waals surface area contributed by atoms with Gasteiger partial charge in [-0.3, -0.25) is 4.57 Å². The molecule has 6 heteroatoms. The fourth-order valence-electron chi connectivity index (χ4n) is 2.13. The van der Waals surface area contributed by atoms with Crippen molar-refractivity contribution in [1.82, 2.24) is 14.5 Å². The Morgan fingerprint density at radius 2 is 2.10 bits per heavy atom. The summed E-state index contributed by atoms with van der Waals surface area (Å²) in [6.45, 7) is 2.05. The molecule has 3 nitrogen and oxygen atoms in total. The van der Waals surface area contributed by atoms with Crippen LogP contribution >= 0.6 is 43.5 Å². The van der Waals surface area contributed by atoms with Crippen molar-refractivity contribution < 1.29 is 0 Å². The number of rotatable bonds is 2. The number of hydrogen-bond donors (Lipinski definition) is 0. The van der Waals surface area contributed by atoms with E-state index < -0.39 is 0 Å². The molecule has 0 spiro atoms. The highest BCUT2D eigenvalue weighted by molar-refractivity contribution is 9.10. The monoisotopic (exact) mass is 413 g/mol. The Bertz CT molecular complexity index is 798. The number of fused-ring (bicyclic) bond motifs is 1. The van der Waals surface area contributed by atoms with Gasteiger partial charge in [-0.25, -0.2) is 9.97 Å². The highest BCUT2D eigenvalue weighted by Crippen LogP contribution is 2.29. The van der Waals surface area contributed by atoms with E-state index >= 15 is 0 Å². The molecule has 0 aliphatic rings. The van der Waals surface area contributed by atoms with Gasteiger partial charge in [0.2, 0.25) is 0 Å². The number of benzene rings is 1. The van der Waals surface area contributed by atoms with E-state index in [1.54, 1.807) is 6.20 Å². The van der Waals surface area contributed by atoms with E-state index in [2.05, 4.69) is 54.8 Å². The van der Waals surface area contributed by atoms with Crippen molar-refractivity contribution in [2.45, 2.75) is 12.8 Å². The highest BCUT2D eigenvalue weighted by atomic mass is 79.9. The zero-order valence-corrected chi connectivity index (χ0v) is 14.5. The van der Waals surface area contributed by atoms with E-state index in [0.29, 0.717) is 5.88 Å². The average molecular weight is 416 g/mol. The Labute approximate surface area is 138 Å². The third kappa shape index (κ3) is 2.28. The molecule has 0 aliphatic heterocycles. The van der Waals surface area contributed by atoms with Gasteiger partial charge in [-0.05, 0) is 56.5 Å². The van der Waals surface area contributed by atoms with Crippen LogP contribution in [0.25, 0.3) is 16.9 Å². The van der Waals surface area contributed by atoms with Gasteiger partial charge in [0.25, 0.3) is 0 Å². The van der Waals surface area contributed by atoms with E-state index in [9.17, 15) is 0 Å². The lowest BCUT2D eigenvalue weighted by Gasteiger charge is -2.11. The molecule has 0 bridgehead atoms. The van der Waals surface area contributed by atoms with E-state index in [0.717, 1.165) is 37.2 Å². The Kier molecular flexibility index (Phi) is 3.84. The predicted molar refractivity (Wildman–Crippen MR) is 88.6 cm³/mol. The zero-order chi connectivity index (χ0) is 14.3. The topological polar surface area (TPSA) is 30.7 Å². The molecule has 102 valence electrons. The van der Waals surface area contributed by atoms with Crippen molar-refractivity contribution in [2.24, 2.45) is 0 Å². The van der Waals surface area contributed by atoms with Gasteiger partial charge in [0, 0.05) is 15.1 Å². The van der Waals surface area contributed by atoms with Crippen molar-refractivity contribution >= 4 is 54.6 Å². The first-order valence-corrected chi connectivity index (χ1v) is 8.08. The second-order valence-electron chi connectivity index (χ2n) is 4.40. The van der Waals surface area contributed by atoms with Crippen LogP contribution in [0, 0.1) is 6.92 Å². The molecule has 0 saturated carbocycles. The smallest absolute Gasteiger partial charge is 0.164 e. The van der Waals surface area contributed by atoms with Crippen LogP contribution in [-0.2, 0) is 5.88 Å². The lowest BCUT2D eigenvalue weighted by molar-refractivity contribution is 0.962. The maximum atomic E-state index is 6.05. The van der Waals surface area contributed by atoms with Gasteiger partial charge in [0.15, 0.2) is 5.65 Å². The lowest BCUT2D eigenvalue weighted by Crippen LogP contribution is -2.02. The number of imidazole rings is 1. The van der Waals surface area contributed by atoms with Crippen molar-refractivity contribution in [3.8, 4) is 5.69 Å². The Balaban J connectivity index is 2.37. The number of hydrogen-bond acceptors (Lipinski definition) is 2. The molecule has 3 rings (SSSR count). The number of aryl methyl sites for hydroxylation is 1. The van der Waals surface area contributed by atoms with Gasteiger partial charge >= 0.3 is 0 Å². The molecule has 0 saturated heterocycles. The summed E-state index contributed by atoms with van der Waals surface area (Å²) in [5.41, 5.74) is 3.78. The molecule has 0 atom stereocenters. The molecule has 0 radical (unpaired) electrons. The predicted octanol–water partition coefficient (Wildman–Crippen LogP) is 4.99. The summed E-state index contributed by atoms with van der Waals surface area (Å²) in [6, 6.07) is 8.03. The van der Waals surface area contributed by atoms with Crippen LogP contribution in [0.5, 0.6) is 0 Å². The van der Waals surface area contributed by atoms with Crippen LogP contribution in [0.2, 0.25) is 0 Å². The number of alkyl halides is 1. The van der Waals surface area contributed by atoms with Crippen LogP contribution in [0.1, 0.15) is 11.4 Å². The normalized spacial score (nSPS) is 11.2. The highest BCUT2D eigenvalue weighted by Gasteiger charge is 2.15. The van der Waals surface area contributed by atoms with E-state index in [1.807, 2.05) is 22.8 Å². The number of halogens is 3. The molecule has 3 aromatic rings. The summed E-state index contributed by atoms with van der Waals surface area (Å²) >= 11 is 13.1. The van der Waals surface area contributed by atoms with E-state index in [-0.39, 0.29) is 0 Å². The Hall–Kier alpha value is -0.910. The third-order valence-corrected chi connectivity index (χ3v) is 4.77. The molecule has 0 unspecified atom stereocenters. The van der Waals surface area contributed by atoms with E-state index in [1.165, 1.54) is 0 Å². The summed E-state index contributed by atoms with van der Waals surface area (Å²) in [5.74, 6) is 1.10. The van der Waals surface area contributed by atoms with Gasteiger partial charge in [-0.1, -0.05) is 12.1 Å². The second kappa shape index (κ2) is 5.47. The summed E-state index contributed by atoms with van der Waals surface area (Å²) in [5, 5.41) is 0. The second-order valence-corrected chi connectivity index (χ2v) is 6.38. The maximum Gasteiger partial charge on any atom is 0.164 e. The molecular formula is C14H10Br2ClN3. The summed E-state index contributed by atoms with van der Waals surface area (Å²) in [4.78, 5) is 9.03. The molecule has 20 heavy (non-hydrogen) atoms. The van der Waals surface area contributed by atoms with Crippen LogP contribution in [0.3, 0.4) is 0 Å². The largest absolute Gasteiger partial charge is 0.279 e. The molecule has 0 fully saturated rings. The van der Waals surface area contributed by atoms with Crippen molar-refractivity contribution in [3.05, 3.63) is 50.8 Å². The van der Waals surface area contributed by atoms with Gasteiger partial charge in [0.05, 0.1) is 11.6 Å². The standard InChI is InChI=1S/C14H10Br2ClN3/c1-8-3-2-4-11(13(8)16)20-12(6-17)19-10-5-9(15)7-18-14(10)20/h2-5,7H,6H2,1H3. The van der Waals surface area contributed by atoms with Crippen LogP contribution < -0.4 is 0 Å². The van der Waals surface area contributed by atoms with Crippen LogP contribution in [-0.4, -0.2) is 14.5 Å². The lowest BCUT2D eigenvalue weighted by atomic mass is 10.2. The molecule has 0 amide bonds. The van der Waals surface area contributed by atoms with Crippen molar-refractivity contribution in [3.63, 3.8) is 0 Å². The first kappa shape index (κ1) is 14.0. The average Bonchev–Trinajstić information content (AvgIpc) is 2.79. The van der Waals surface area contributed by atoms with Gasteiger partial charge < -0.3 is 0 Å². The SMILES string of the molecule is Cc1cccc(-n2c(CCl)nc3cc(Br)cnc32)c1Br. The Morgan fingerprint density at radius 3 is 2.85 bits per heavy atom. The first-order chi connectivity index (χ1) is 9.61. The van der Waals surface area contributed by atoms with Gasteiger partial charge in [0.1, 0.15) is 11.3 Å². The molecule has 1 aromatic carbocycles. The van der Waals surface area contributed by atoms with Gasteiger partial charge in [-0.15, -0.1) is 11.6 Å². The zero-order valence-electron chi connectivity index (χ0n) is 10.6. The van der Waals surface area contributed by atoms with Crippen molar-refractivity contribution in [1.29, 1.82) is 0 Å². The van der Waals surface area contributed by atoms with Crippen molar-refractivity contribution in [2.75, 3.05) is 0 Å². The van der Waals surface area contributed by atoms with E-state index in [4.69, 9.17) is 11.6 Å². The summed E-state index contributed by atoms with van der Waals surface area (Å²) in [7, 11) is 0. The number of pyridine rings is 1. The number of nitrogens with zero attached hydrogens (tertiary/aromatic N) is 3. The maximum absolute atomic E-state index is 6.05. The minimum absolute atomic E-state index is 0.328.